The van der Waals surface area contributed by atoms with Crippen LogP contribution in [0.5, 0.6) is 0 Å². The Morgan fingerprint density at radius 1 is 1.31 bits per heavy atom. The minimum atomic E-state index is 0.282. The molecule has 0 N–H and O–H groups in total. The zero-order valence-corrected chi connectivity index (χ0v) is 9.29. The van der Waals surface area contributed by atoms with Gasteiger partial charge < -0.3 is 0 Å². The Balaban J connectivity index is 2.46. The van der Waals surface area contributed by atoms with Gasteiger partial charge in [0.05, 0.1) is 5.69 Å². The van der Waals surface area contributed by atoms with Gasteiger partial charge in [0.15, 0.2) is 12.1 Å². The molecule has 0 fully saturated rings. The van der Waals surface area contributed by atoms with Crippen LogP contribution in [-0.2, 0) is 0 Å². The molecule has 1 aromatic heterocycles. The van der Waals surface area contributed by atoms with Crippen molar-refractivity contribution in [2.45, 2.75) is 19.8 Å². The predicted octanol–water partition coefficient (Wildman–Crippen LogP) is 2.20. The summed E-state index contributed by atoms with van der Waals surface area (Å²) in [4.78, 5) is 15.1. The highest BCUT2D eigenvalue weighted by Crippen LogP contribution is 2.13. The van der Waals surface area contributed by atoms with E-state index in [4.69, 9.17) is 0 Å². The molecule has 4 nitrogen and oxygen atoms in total. The van der Waals surface area contributed by atoms with Crippen molar-refractivity contribution in [3.8, 4) is 5.69 Å². The van der Waals surface area contributed by atoms with Crippen LogP contribution in [0.15, 0.2) is 30.6 Å². The molecule has 0 aliphatic carbocycles. The fourth-order valence-corrected chi connectivity index (χ4v) is 1.45. The van der Waals surface area contributed by atoms with Crippen molar-refractivity contribution in [1.29, 1.82) is 0 Å². The number of carbonyl (C=O) groups excluding carboxylic acids is 1. The number of hydrogen-bond acceptors (Lipinski definition) is 3. The van der Waals surface area contributed by atoms with Gasteiger partial charge in [-0.2, -0.15) is 5.10 Å². The quantitative estimate of drug-likeness (QED) is 0.737. The number of benzene rings is 1. The maximum absolute atomic E-state index is 10.9. The normalized spacial score (nSPS) is 10.7. The van der Waals surface area contributed by atoms with E-state index in [1.165, 1.54) is 0 Å². The first-order valence-electron chi connectivity index (χ1n) is 5.18. The highest BCUT2D eigenvalue weighted by Gasteiger charge is 2.08. The Bertz CT molecular complexity index is 502. The van der Waals surface area contributed by atoms with Gasteiger partial charge in [-0.25, -0.2) is 9.67 Å². The van der Waals surface area contributed by atoms with Gasteiger partial charge in [0, 0.05) is 11.5 Å². The van der Waals surface area contributed by atoms with Crippen LogP contribution in [0.1, 0.15) is 35.9 Å². The lowest BCUT2D eigenvalue weighted by atomic mass is 10.2. The van der Waals surface area contributed by atoms with Gasteiger partial charge in [-0.3, -0.25) is 4.79 Å². The maximum atomic E-state index is 10.9. The van der Waals surface area contributed by atoms with Crippen molar-refractivity contribution >= 4 is 6.29 Å². The van der Waals surface area contributed by atoms with E-state index in [1.54, 1.807) is 17.1 Å². The molecule has 0 atom stereocenters. The van der Waals surface area contributed by atoms with Gasteiger partial charge >= 0.3 is 0 Å². The molecular formula is C12H13N3O. The number of aldehydes is 1. The van der Waals surface area contributed by atoms with Crippen molar-refractivity contribution < 1.29 is 4.79 Å². The SMILES string of the molecule is CC(C)c1ncn(-c2ccccc2C=O)n1. The second-order valence-electron chi connectivity index (χ2n) is 3.88. The zero-order chi connectivity index (χ0) is 11.5. The molecule has 0 aliphatic heterocycles. The van der Waals surface area contributed by atoms with Gasteiger partial charge in [0.25, 0.3) is 0 Å². The van der Waals surface area contributed by atoms with Gasteiger partial charge in [-0.05, 0) is 12.1 Å². The lowest BCUT2D eigenvalue weighted by Gasteiger charge is -2.03. The summed E-state index contributed by atoms with van der Waals surface area (Å²) in [5.41, 5.74) is 1.37. The molecule has 0 aliphatic rings. The molecule has 0 amide bonds. The Hall–Kier alpha value is -1.97. The number of nitrogens with zero attached hydrogens (tertiary/aromatic N) is 3. The van der Waals surface area contributed by atoms with Gasteiger partial charge in [-0.1, -0.05) is 26.0 Å². The van der Waals surface area contributed by atoms with E-state index in [9.17, 15) is 4.79 Å². The lowest BCUT2D eigenvalue weighted by molar-refractivity contribution is 0.112. The minimum absolute atomic E-state index is 0.282. The summed E-state index contributed by atoms with van der Waals surface area (Å²) in [5.74, 6) is 1.06. The average Bonchev–Trinajstić information content (AvgIpc) is 2.78. The summed E-state index contributed by atoms with van der Waals surface area (Å²) in [5, 5.41) is 4.34. The second kappa shape index (κ2) is 4.26. The molecule has 2 rings (SSSR count). The summed E-state index contributed by atoms with van der Waals surface area (Å²) in [6.45, 7) is 4.07. The third-order valence-electron chi connectivity index (χ3n) is 2.34. The van der Waals surface area contributed by atoms with Crippen LogP contribution >= 0.6 is 0 Å². The van der Waals surface area contributed by atoms with Gasteiger partial charge in [0.1, 0.15) is 6.33 Å². The molecule has 0 unspecified atom stereocenters. The third-order valence-corrected chi connectivity index (χ3v) is 2.34. The van der Waals surface area contributed by atoms with Crippen LogP contribution in [0.3, 0.4) is 0 Å². The summed E-state index contributed by atoms with van der Waals surface area (Å²) < 4.78 is 1.64. The molecule has 1 heterocycles. The Labute approximate surface area is 93.9 Å². The van der Waals surface area contributed by atoms with Crippen molar-refractivity contribution in [1.82, 2.24) is 14.8 Å². The van der Waals surface area contributed by atoms with Crippen LogP contribution in [0.4, 0.5) is 0 Å². The lowest BCUT2D eigenvalue weighted by Crippen LogP contribution is -2.00. The largest absolute Gasteiger partial charge is 0.298 e. The number of carbonyl (C=O) groups is 1. The molecule has 4 heteroatoms. The summed E-state index contributed by atoms with van der Waals surface area (Å²) in [7, 11) is 0. The molecule has 0 spiro atoms. The van der Waals surface area contributed by atoms with Crippen LogP contribution in [0.25, 0.3) is 5.69 Å². The third kappa shape index (κ3) is 1.86. The van der Waals surface area contributed by atoms with Crippen LogP contribution in [-0.4, -0.2) is 21.1 Å². The second-order valence-corrected chi connectivity index (χ2v) is 3.88. The minimum Gasteiger partial charge on any atom is -0.298 e. The fourth-order valence-electron chi connectivity index (χ4n) is 1.45. The van der Waals surface area contributed by atoms with E-state index in [0.717, 1.165) is 17.8 Å². The van der Waals surface area contributed by atoms with E-state index in [1.807, 2.05) is 32.0 Å². The van der Waals surface area contributed by atoms with E-state index in [0.29, 0.717) is 5.56 Å². The first kappa shape index (κ1) is 10.5. The van der Waals surface area contributed by atoms with Crippen molar-refractivity contribution in [3.05, 3.63) is 42.0 Å². The van der Waals surface area contributed by atoms with Crippen LogP contribution in [0.2, 0.25) is 0 Å². The van der Waals surface area contributed by atoms with Gasteiger partial charge in [0.2, 0.25) is 0 Å². The van der Waals surface area contributed by atoms with E-state index in [-0.39, 0.29) is 5.92 Å². The highest BCUT2D eigenvalue weighted by molar-refractivity contribution is 5.80. The average molecular weight is 215 g/mol. The molecule has 1 aromatic carbocycles. The number of aromatic nitrogens is 3. The molecule has 0 radical (unpaired) electrons. The first-order valence-corrected chi connectivity index (χ1v) is 5.18. The standard InChI is InChI=1S/C12H13N3O/c1-9(2)12-13-8-15(14-12)11-6-4-3-5-10(11)7-16/h3-9H,1-2H3. The number of hydrogen-bond donors (Lipinski definition) is 0. The number of para-hydroxylation sites is 1. The maximum Gasteiger partial charge on any atom is 0.153 e. The van der Waals surface area contributed by atoms with Crippen molar-refractivity contribution in [3.63, 3.8) is 0 Å². The Morgan fingerprint density at radius 2 is 2.06 bits per heavy atom. The fraction of sp³-hybridized carbons (Fsp3) is 0.250. The summed E-state index contributed by atoms with van der Waals surface area (Å²) in [6.07, 6.45) is 2.46. The smallest absolute Gasteiger partial charge is 0.153 e. The van der Waals surface area contributed by atoms with Crippen molar-refractivity contribution in [2.75, 3.05) is 0 Å². The van der Waals surface area contributed by atoms with Crippen LogP contribution in [0, 0.1) is 0 Å². The molecular weight excluding hydrogens is 202 g/mol. The summed E-state index contributed by atoms with van der Waals surface area (Å²) >= 11 is 0. The van der Waals surface area contributed by atoms with E-state index >= 15 is 0 Å². The topological polar surface area (TPSA) is 47.8 Å². The zero-order valence-electron chi connectivity index (χ0n) is 9.29. The molecule has 2 aromatic rings. The Kier molecular flexibility index (Phi) is 2.81. The van der Waals surface area contributed by atoms with E-state index < -0.39 is 0 Å². The first-order chi connectivity index (χ1) is 7.72. The predicted molar refractivity (Wildman–Crippen MR) is 60.8 cm³/mol. The molecule has 0 bridgehead atoms. The molecule has 16 heavy (non-hydrogen) atoms. The Morgan fingerprint density at radius 3 is 2.69 bits per heavy atom. The molecule has 0 saturated carbocycles. The summed E-state index contributed by atoms with van der Waals surface area (Å²) in [6, 6.07) is 7.31. The highest BCUT2D eigenvalue weighted by atomic mass is 16.1. The van der Waals surface area contributed by atoms with Crippen LogP contribution < -0.4 is 0 Å². The monoisotopic (exact) mass is 215 g/mol. The molecule has 0 saturated heterocycles. The van der Waals surface area contributed by atoms with Gasteiger partial charge in [-0.15, -0.1) is 0 Å². The number of rotatable bonds is 3. The molecule has 82 valence electrons. The van der Waals surface area contributed by atoms with Crippen molar-refractivity contribution in [2.24, 2.45) is 0 Å². The van der Waals surface area contributed by atoms with E-state index in [2.05, 4.69) is 10.1 Å².